The number of hydrogen-bond donors (Lipinski definition) is 3. The number of pyridine rings is 1. The number of hydrogen-bond acceptors (Lipinski definition) is 4. The van der Waals surface area contributed by atoms with Gasteiger partial charge in [-0.05, 0) is 28.4 Å². The molecule has 0 radical (unpaired) electrons. The van der Waals surface area contributed by atoms with Crippen LogP contribution < -0.4 is 15.2 Å². The summed E-state index contributed by atoms with van der Waals surface area (Å²) in [4.78, 5) is 3.87. The molecule has 0 aromatic carbocycles. The van der Waals surface area contributed by atoms with Crippen LogP contribution in [0.1, 0.15) is 13.3 Å². The molecule has 0 aliphatic rings. The highest BCUT2D eigenvalue weighted by atomic mass is 79.9. The SMILES string of the molecule is CCCNS(=O)(=O)Nc1ncc(N)cc1Br. The molecular formula is C8H13BrN4O2S. The molecule has 1 aromatic rings. The van der Waals surface area contributed by atoms with Crippen LogP contribution in [0.3, 0.4) is 0 Å². The summed E-state index contributed by atoms with van der Waals surface area (Å²) in [5.41, 5.74) is 5.94. The minimum absolute atomic E-state index is 0.206. The summed E-state index contributed by atoms with van der Waals surface area (Å²) in [6.07, 6.45) is 2.10. The van der Waals surface area contributed by atoms with E-state index in [9.17, 15) is 8.42 Å². The fourth-order valence-corrected chi connectivity index (χ4v) is 2.49. The molecule has 0 aliphatic heterocycles. The van der Waals surface area contributed by atoms with Gasteiger partial charge in [-0.15, -0.1) is 0 Å². The molecule has 0 bridgehead atoms. The van der Waals surface area contributed by atoms with Crippen LogP contribution in [-0.4, -0.2) is 19.9 Å². The largest absolute Gasteiger partial charge is 0.397 e. The molecular weight excluding hydrogens is 296 g/mol. The number of nitrogens with zero attached hydrogens (tertiary/aromatic N) is 1. The lowest BCUT2D eigenvalue weighted by Crippen LogP contribution is -2.31. The van der Waals surface area contributed by atoms with Gasteiger partial charge in [0.25, 0.3) is 10.2 Å². The Labute approximate surface area is 103 Å². The standard InChI is InChI=1S/C8H13BrN4O2S/c1-2-3-12-16(14,15)13-8-7(9)4-6(10)5-11-8/h4-5,12H,2-3,10H2,1H3,(H,11,13). The molecule has 0 saturated heterocycles. The lowest BCUT2D eigenvalue weighted by Gasteiger charge is -2.09. The van der Waals surface area contributed by atoms with Crippen molar-refractivity contribution in [3.05, 3.63) is 16.7 Å². The molecule has 0 spiro atoms. The summed E-state index contributed by atoms with van der Waals surface area (Å²) in [5.74, 6) is 0.206. The van der Waals surface area contributed by atoms with Gasteiger partial charge >= 0.3 is 0 Å². The molecule has 90 valence electrons. The summed E-state index contributed by atoms with van der Waals surface area (Å²) in [5, 5.41) is 0. The van der Waals surface area contributed by atoms with E-state index < -0.39 is 10.2 Å². The van der Waals surface area contributed by atoms with E-state index in [4.69, 9.17) is 5.73 Å². The predicted molar refractivity (Wildman–Crippen MR) is 67.2 cm³/mol. The monoisotopic (exact) mass is 308 g/mol. The number of nitrogen functional groups attached to an aromatic ring is 1. The molecule has 1 rings (SSSR count). The normalized spacial score (nSPS) is 11.4. The van der Waals surface area contributed by atoms with Crippen molar-refractivity contribution in [3.8, 4) is 0 Å². The summed E-state index contributed by atoms with van der Waals surface area (Å²) in [6.45, 7) is 2.25. The summed E-state index contributed by atoms with van der Waals surface area (Å²) >= 11 is 3.17. The quantitative estimate of drug-likeness (QED) is 0.758. The third-order valence-corrected chi connectivity index (χ3v) is 3.29. The second kappa shape index (κ2) is 5.46. The maximum atomic E-state index is 11.5. The first-order valence-electron chi connectivity index (χ1n) is 4.63. The van der Waals surface area contributed by atoms with Crippen LogP contribution in [0.4, 0.5) is 11.5 Å². The lowest BCUT2D eigenvalue weighted by atomic mass is 10.4. The number of halogens is 1. The van der Waals surface area contributed by atoms with Crippen molar-refractivity contribution >= 4 is 37.6 Å². The van der Waals surface area contributed by atoms with Crippen LogP contribution >= 0.6 is 15.9 Å². The van der Waals surface area contributed by atoms with E-state index in [2.05, 4.69) is 30.4 Å². The second-order valence-electron chi connectivity index (χ2n) is 3.10. The van der Waals surface area contributed by atoms with E-state index in [0.717, 1.165) is 6.42 Å². The number of rotatable bonds is 5. The van der Waals surface area contributed by atoms with Gasteiger partial charge in [0.1, 0.15) is 0 Å². The Kier molecular flexibility index (Phi) is 4.51. The molecule has 0 unspecified atom stereocenters. The maximum absolute atomic E-state index is 11.5. The maximum Gasteiger partial charge on any atom is 0.300 e. The van der Waals surface area contributed by atoms with Gasteiger partial charge in [-0.25, -0.2) is 4.98 Å². The molecule has 0 saturated carbocycles. The van der Waals surface area contributed by atoms with Crippen LogP contribution in [-0.2, 0) is 10.2 Å². The van der Waals surface area contributed by atoms with Gasteiger partial charge in [0, 0.05) is 6.54 Å². The predicted octanol–water partition coefficient (Wildman–Crippen LogP) is 1.08. The summed E-state index contributed by atoms with van der Waals surface area (Å²) in [7, 11) is -3.57. The van der Waals surface area contributed by atoms with Gasteiger partial charge in [-0.1, -0.05) is 6.92 Å². The zero-order valence-corrected chi connectivity index (χ0v) is 11.1. The Hall–Kier alpha value is -0.860. The molecule has 0 amide bonds. The average molecular weight is 309 g/mol. The Morgan fingerprint density at radius 2 is 2.25 bits per heavy atom. The first-order valence-corrected chi connectivity index (χ1v) is 6.90. The molecule has 1 heterocycles. The average Bonchev–Trinajstić information content (AvgIpc) is 2.19. The third kappa shape index (κ3) is 3.95. The van der Waals surface area contributed by atoms with Crippen LogP contribution in [0.2, 0.25) is 0 Å². The molecule has 4 N–H and O–H groups in total. The summed E-state index contributed by atoms with van der Waals surface area (Å²) < 4.78 is 28.1. The van der Waals surface area contributed by atoms with Gasteiger partial charge in [0.15, 0.2) is 5.82 Å². The zero-order valence-electron chi connectivity index (χ0n) is 8.70. The molecule has 0 aliphatic carbocycles. The van der Waals surface area contributed by atoms with Crippen LogP contribution in [0.5, 0.6) is 0 Å². The number of aromatic nitrogens is 1. The Morgan fingerprint density at radius 3 is 2.81 bits per heavy atom. The third-order valence-electron chi connectivity index (χ3n) is 1.64. The summed E-state index contributed by atoms with van der Waals surface area (Å²) in [6, 6.07) is 1.57. The lowest BCUT2D eigenvalue weighted by molar-refractivity contribution is 0.586. The van der Waals surface area contributed by atoms with E-state index in [1.54, 1.807) is 6.07 Å². The van der Waals surface area contributed by atoms with Crippen molar-refractivity contribution in [2.24, 2.45) is 0 Å². The van der Waals surface area contributed by atoms with Crippen molar-refractivity contribution in [3.63, 3.8) is 0 Å². The van der Waals surface area contributed by atoms with Crippen LogP contribution in [0, 0.1) is 0 Å². The van der Waals surface area contributed by atoms with Crippen LogP contribution in [0.25, 0.3) is 0 Å². The number of nitrogens with two attached hydrogens (primary N) is 1. The zero-order chi connectivity index (χ0) is 12.2. The second-order valence-corrected chi connectivity index (χ2v) is 5.45. The van der Waals surface area contributed by atoms with Crippen LogP contribution in [0.15, 0.2) is 16.7 Å². The van der Waals surface area contributed by atoms with Crippen molar-refractivity contribution in [1.82, 2.24) is 9.71 Å². The first kappa shape index (κ1) is 13.2. The van der Waals surface area contributed by atoms with E-state index in [1.165, 1.54) is 6.20 Å². The smallest absolute Gasteiger partial charge is 0.300 e. The van der Waals surface area contributed by atoms with E-state index >= 15 is 0 Å². The van der Waals surface area contributed by atoms with E-state index in [1.807, 2.05) is 6.92 Å². The number of anilines is 2. The molecule has 0 atom stereocenters. The van der Waals surface area contributed by atoms with Gasteiger partial charge < -0.3 is 5.73 Å². The van der Waals surface area contributed by atoms with E-state index in [0.29, 0.717) is 16.7 Å². The highest BCUT2D eigenvalue weighted by Crippen LogP contribution is 2.22. The van der Waals surface area contributed by atoms with Crippen molar-refractivity contribution < 1.29 is 8.42 Å². The van der Waals surface area contributed by atoms with Gasteiger partial charge in [-0.3, -0.25) is 4.72 Å². The molecule has 0 fully saturated rings. The van der Waals surface area contributed by atoms with Crippen molar-refractivity contribution in [1.29, 1.82) is 0 Å². The van der Waals surface area contributed by atoms with Crippen molar-refractivity contribution in [2.75, 3.05) is 17.0 Å². The Morgan fingerprint density at radius 1 is 1.56 bits per heavy atom. The minimum atomic E-state index is -3.57. The number of nitrogens with one attached hydrogen (secondary N) is 2. The molecule has 16 heavy (non-hydrogen) atoms. The Bertz CT molecular complexity index is 463. The fourth-order valence-electron chi connectivity index (χ4n) is 0.928. The molecule has 1 aromatic heterocycles. The highest BCUT2D eigenvalue weighted by molar-refractivity contribution is 9.10. The van der Waals surface area contributed by atoms with Crippen molar-refractivity contribution in [2.45, 2.75) is 13.3 Å². The first-order chi connectivity index (χ1) is 7.44. The van der Waals surface area contributed by atoms with Gasteiger partial charge in [0.2, 0.25) is 0 Å². The molecule has 8 heteroatoms. The Balaban J connectivity index is 2.80. The molecule has 6 nitrogen and oxygen atoms in total. The van der Waals surface area contributed by atoms with Gasteiger partial charge in [0.05, 0.1) is 16.4 Å². The topological polar surface area (TPSA) is 97.1 Å². The highest BCUT2D eigenvalue weighted by Gasteiger charge is 2.11. The van der Waals surface area contributed by atoms with Gasteiger partial charge in [-0.2, -0.15) is 13.1 Å². The van der Waals surface area contributed by atoms with E-state index in [-0.39, 0.29) is 5.82 Å². The minimum Gasteiger partial charge on any atom is -0.397 e. The fraction of sp³-hybridized carbons (Fsp3) is 0.375.